The number of methoxy groups -OCH3 is 1. The van der Waals surface area contributed by atoms with Crippen molar-refractivity contribution in [2.75, 3.05) is 27.2 Å². The van der Waals surface area contributed by atoms with Crippen molar-refractivity contribution in [2.45, 2.75) is 32.7 Å². The van der Waals surface area contributed by atoms with E-state index in [2.05, 4.69) is 10.1 Å². The van der Waals surface area contributed by atoms with Crippen LogP contribution in [0.3, 0.4) is 0 Å². The predicted octanol–water partition coefficient (Wildman–Crippen LogP) is 0.396. The first-order valence-electron chi connectivity index (χ1n) is 5.57. The van der Waals surface area contributed by atoms with E-state index in [1.54, 1.807) is 0 Å². The van der Waals surface area contributed by atoms with Crippen molar-refractivity contribution >= 4 is 11.9 Å². The van der Waals surface area contributed by atoms with Crippen LogP contribution in [-0.4, -0.2) is 50.1 Å². The van der Waals surface area contributed by atoms with E-state index < -0.39 is 0 Å². The molecule has 5 nitrogen and oxygen atoms in total. The maximum atomic E-state index is 11.5. The van der Waals surface area contributed by atoms with E-state index >= 15 is 0 Å². The molecule has 0 spiro atoms. The summed E-state index contributed by atoms with van der Waals surface area (Å²) in [6.45, 7) is 5.08. The normalized spacial score (nSPS) is 12.3. The zero-order chi connectivity index (χ0) is 12.6. The molecule has 5 heteroatoms. The predicted molar refractivity (Wildman–Crippen MR) is 62.0 cm³/mol. The smallest absolute Gasteiger partial charge is 0.305 e. The molecule has 0 aromatic heterocycles. The maximum absolute atomic E-state index is 11.5. The highest BCUT2D eigenvalue weighted by atomic mass is 16.5. The van der Waals surface area contributed by atoms with Gasteiger partial charge in [0.25, 0.3) is 0 Å². The molecule has 0 heterocycles. The molecule has 94 valence electrons. The molecule has 0 aromatic carbocycles. The summed E-state index contributed by atoms with van der Waals surface area (Å²) in [5.74, 6) is -0.192. The molecule has 0 rings (SSSR count). The minimum atomic E-state index is -0.209. The van der Waals surface area contributed by atoms with Crippen LogP contribution in [0.4, 0.5) is 0 Å². The Morgan fingerprint density at radius 1 is 1.44 bits per heavy atom. The summed E-state index contributed by atoms with van der Waals surface area (Å²) in [5.41, 5.74) is 0. The van der Waals surface area contributed by atoms with Gasteiger partial charge in [0.05, 0.1) is 13.2 Å². The number of carbonyl (C=O) groups excluding carboxylic acids is 2. The molecule has 0 saturated carbocycles. The molecular weight excluding hydrogens is 208 g/mol. The Labute approximate surface area is 97.1 Å². The first-order valence-corrected chi connectivity index (χ1v) is 5.57. The van der Waals surface area contributed by atoms with E-state index in [1.165, 1.54) is 7.11 Å². The number of hydrogen-bond donors (Lipinski definition) is 1. The Morgan fingerprint density at radius 2 is 2.06 bits per heavy atom. The summed E-state index contributed by atoms with van der Waals surface area (Å²) in [7, 11) is 3.25. The van der Waals surface area contributed by atoms with Crippen LogP contribution in [0.5, 0.6) is 0 Å². The number of hydrogen-bond acceptors (Lipinski definition) is 4. The molecule has 0 aromatic rings. The molecule has 1 amide bonds. The lowest BCUT2D eigenvalue weighted by molar-refractivity contribution is -0.140. The van der Waals surface area contributed by atoms with Crippen molar-refractivity contribution in [1.82, 2.24) is 10.2 Å². The molecule has 0 fully saturated rings. The Morgan fingerprint density at radius 3 is 2.56 bits per heavy atom. The van der Waals surface area contributed by atoms with E-state index in [-0.39, 0.29) is 17.9 Å². The number of ether oxygens (including phenoxy) is 1. The number of esters is 1. The van der Waals surface area contributed by atoms with Crippen molar-refractivity contribution in [3.05, 3.63) is 0 Å². The summed E-state index contributed by atoms with van der Waals surface area (Å²) in [6, 6.07) is -0.169. The Balaban J connectivity index is 3.82. The minimum Gasteiger partial charge on any atom is -0.469 e. The zero-order valence-electron chi connectivity index (χ0n) is 10.6. The van der Waals surface area contributed by atoms with Crippen LogP contribution >= 0.6 is 0 Å². The first kappa shape index (κ1) is 14.9. The fourth-order valence-electron chi connectivity index (χ4n) is 1.29. The third-order valence-corrected chi connectivity index (χ3v) is 2.51. The number of nitrogens with zero attached hydrogens (tertiary/aromatic N) is 1. The van der Waals surface area contributed by atoms with Crippen molar-refractivity contribution in [1.29, 1.82) is 0 Å². The number of rotatable bonds is 7. The fraction of sp³-hybridized carbons (Fsp3) is 0.818. The second-order valence-corrected chi connectivity index (χ2v) is 3.73. The molecule has 1 N–H and O–H groups in total. The summed E-state index contributed by atoms with van der Waals surface area (Å²) in [4.78, 5) is 24.3. The second kappa shape index (κ2) is 8.10. The topological polar surface area (TPSA) is 58.6 Å². The number of nitrogens with one attached hydrogen (secondary N) is 1. The van der Waals surface area contributed by atoms with Gasteiger partial charge in [-0.25, -0.2) is 0 Å². The van der Waals surface area contributed by atoms with E-state index in [1.807, 2.05) is 25.8 Å². The average Bonchev–Trinajstić information content (AvgIpc) is 2.27. The number of carbonyl (C=O) groups is 2. The molecule has 0 aliphatic rings. The lowest BCUT2D eigenvalue weighted by Crippen LogP contribution is -2.43. The third-order valence-electron chi connectivity index (χ3n) is 2.51. The van der Waals surface area contributed by atoms with Gasteiger partial charge >= 0.3 is 5.97 Å². The monoisotopic (exact) mass is 230 g/mol. The van der Waals surface area contributed by atoms with Crippen molar-refractivity contribution in [3.8, 4) is 0 Å². The molecule has 0 radical (unpaired) electrons. The molecule has 0 aliphatic carbocycles. The van der Waals surface area contributed by atoms with Gasteiger partial charge in [0.2, 0.25) is 5.91 Å². The van der Waals surface area contributed by atoms with Crippen LogP contribution in [0.25, 0.3) is 0 Å². The molecule has 1 atom stereocenters. The Bertz CT molecular complexity index is 231. The van der Waals surface area contributed by atoms with Crippen LogP contribution in [0, 0.1) is 0 Å². The highest BCUT2D eigenvalue weighted by Crippen LogP contribution is 2.00. The minimum absolute atomic E-state index is 0.0167. The quantitative estimate of drug-likeness (QED) is 0.643. The Hall–Kier alpha value is -1.10. The summed E-state index contributed by atoms with van der Waals surface area (Å²) < 4.78 is 4.54. The van der Waals surface area contributed by atoms with E-state index in [0.717, 1.165) is 0 Å². The van der Waals surface area contributed by atoms with Crippen molar-refractivity contribution in [3.63, 3.8) is 0 Å². The highest BCUT2D eigenvalue weighted by Gasteiger charge is 2.16. The summed E-state index contributed by atoms with van der Waals surface area (Å²) in [6.07, 6.45) is 1.09. The van der Waals surface area contributed by atoms with Gasteiger partial charge < -0.3 is 10.1 Å². The van der Waals surface area contributed by atoms with Crippen LogP contribution in [0.2, 0.25) is 0 Å². The van der Waals surface area contributed by atoms with Gasteiger partial charge in [-0.3, -0.25) is 14.5 Å². The van der Waals surface area contributed by atoms with Gasteiger partial charge in [0.1, 0.15) is 0 Å². The molecule has 0 aliphatic heterocycles. The highest BCUT2D eigenvalue weighted by molar-refractivity contribution is 5.81. The summed E-state index contributed by atoms with van der Waals surface area (Å²) >= 11 is 0. The van der Waals surface area contributed by atoms with Crippen molar-refractivity contribution in [2.24, 2.45) is 0 Å². The van der Waals surface area contributed by atoms with E-state index in [9.17, 15) is 9.59 Å². The standard InChI is InChI=1S/C11H22N2O3/c1-5-12-11(15)9(2)13(3)8-6-7-10(14)16-4/h9H,5-8H2,1-4H3,(H,12,15). The lowest BCUT2D eigenvalue weighted by atomic mass is 10.2. The average molecular weight is 230 g/mol. The van der Waals surface area contributed by atoms with Gasteiger partial charge in [-0.1, -0.05) is 0 Å². The second-order valence-electron chi connectivity index (χ2n) is 3.73. The maximum Gasteiger partial charge on any atom is 0.305 e. The Kier molecular flexibility index (Phi) is 7.54. The van der Waals surface area contributed by atoms with Crippen LogP contribution in [-0.2, 0) is 14.3 Å². The molecule has 0 saturated heterocycles. The molecule has 0 bridgehead atoms. The van der Waals surface area contributed by atoms with Crippen LogP contribution in [0.1, 0.15) is 26.7 Å². The third kappa shape index (κ3) is 5.70. The van der Waals surface area contributed by atoms with Gasteiger partial charge in [-0.2, -0.15) is 0 Å². The number of likely N-dealkylation sites (N-methyl/N-ethyl adjacent to an activating group) is 2. The zero-order valence-corrected chi connectivity index (χ0v) is 10.6. The first-order chi connectivity index (χ1) is 7.52. The largest absolute Gasteiger partial charge is 0.469 e. The van der Waals surface area contributed by atoms with Gasteiger partial charge in [-0.05, 0) is 33.9 Å². The van der Waals surface area contributed by atoms with Crippen LogP contribution < -0.4 is 5.32 Å². The molecular formula is C11H22N2O3. The van der Waals surface area contributed by atoms with Crippen LogP contribution in [0.15, 0.2) is 0 Å². The summed E-state index contributed by atoms with van der Waals surface area (Å²) in [5, 5.41) is 2.76. The van der Waals surface area contributed by atoms with E-state index in [4.69, 9.17) is 0 Å². The van der Waals surface area contributed by atoms with Crippen molar-refractivity contribution < 1.29 is 14.3 Å². The van der Waals surface area contributed by atoms with Gasteiger partial charge in [-0.15, -0.1) is 0 Å². The molecule has 16 heavy (non-hydrogen) atoms. The fourth-order valence-corrected chi connectivity index (χ4v) is 1.29. The van der Waals surface area contributed by atoms with E-state index in [0.29, 0.717) is 25.9 Å². The van der Waals surface area contributed by atoms with Gasteiger partial charge in [0.15, 0.2) is 0 Å². The van der Waals surface area contributed by atoms with Gasteiger partial charge in [0, 0.05) is 13.0 Å². The molecule has 1 unspecified atom stereocenters. The lowest BCUT2D eigenvalue weighted by Gasteiger charge is -2.23. The SMILES string of the molecule is CCNC(=O)C(C)N(C)CCCC(=O)OC. The number of amides is 1.